The largest absolute Gasteiger partial charge is 0.299 e. The van der Waals surface area contributed by atoms with Crippen LogP contribution in [0.15, 0.2) is 0 Å². The van der Waals surface area contributed by atoms with Crippen molar-refractivity contribution in [1.82, 2.24) is 0 Å². The summed E-state index contributed by atoms with van der Waals surface area (Å²) in [5.41, 5.74) is -0.0574. The SMILES string of the molecule is C[C@@H]([C@H](C#CC1CC1)CC(=O)C(C)(C)C)C(C)(C)C. The summed E-state index contributed by atoms with van der Waals surface area (Å²) in [6, 6.07) is 0. The molecule has 1 fully saturated rings. The lowest BCUT2D eigenvalue weighted by Crippen LogP contribution is -2.30. The van der Waals surface area contributed by atoms with Gasteiger partial charge in [-0.15, -0.1) is 0 Å². The molecule has 0 aromatic rings. The predicted molar refractivity (Wildman–Crippen MR) is 81.7 cm³/mol. The summed E-state index contributed by atoms with van der Waals surface area (Å²) in [7, 11) is 0. The molecule has 1 nitrogen and oxygen atoms in total. The van der Waals surface area contributed by atoms with Gasteiger partial charge in [-0.3, -0.25) is 4.79 Å². The quantitative estimate of drug-likeness (QED) is 0.674. The lowest BCUT2D eigenvalue weighted by molar-refractivity contribution is -0.127. The number of rotatable bonds is 3. The van der Waals surface area contributed by atoms with Crippen LogP contribution in [0, 0.1) is 40.4 Å². The summed E-state index contributed by atoms with van der Waals surface area (Å²) in [5.74, 6) is 8.36. The fourth-order valence-electron chi connectivity index (χ4n) is 1.91. The Kier molecular flexibility index (Phi) is 4.88. The van der Waals surface area contributed by atoms with E-state index in [-0.39, 0.29) is 16.7 Å². The van der Waals surface area contributed by atoms with Gasteiger partial charge in [0.2, 0.25) is 0 Å². The van der Waals surface area contributed by atoms with Crippen LogP contribution in [0.25, 0.3) is 0 Å². The molecule has 0 bridgehead atoms. The fourth-order valence-corrected chi connectivity index (χ4v) is 1.91. The van der Waals surface area contributed by atoms with Crippen LogP contribution >= 0.6 is 0 Å². The molecule has 19 heavy (non-hydrogen) atoms. The summed E-state index contributed by atoms with van der Waals surface area (Å²) >= 11 is 0. The van der Waals surface area contributed by atoms with Crippen LogP contribution in [-0.4, -0.2) is 5.78 Å². The monoisotopic (exact) mass is 262 g/mol. The Balaban J connectivity index is 2.81. The maximum Gasteiger partial charge on any atom is 0.139 e. The van der Waals surface area contributed by atoms with E-state index in [1.165, 1.54) is 12.8 Å². The minimum absolute atomic E-state index is 0.195. The van der Waals surface area contributed by atoms with E-state index >= 15 is 0 Å². The molecule has 2 atom stereocenters. The van der Waals surface area contributed by atoms with Crippen molar-refractivity contribution in [3.05, 3.63) is 0 Å². The lowest BCUT2D eigenvalue weighted by Gasteiger charge is -2.32. The molecular weight excluding hydrogens is 232 g/mol. The molecule has 0 N–H and O–H groups in total. The van der Waals surface area contributed by atoms with Gasteiger partial charge in [-0.25, -0.2) is 0 Å². The van der Waals surface area contributed by atoms with Crippen molar-refractivity contribution in [3.8, 4) is 11.8 Å². The number of ketones is 1. The van der Waals surface area contributed by atoms with Gasteiger partial charge in [-0.1, -0.05) is 60.3 Å². The van der Waals surface area contributed by atoms with E-state index in [1.54, 1.807) is 0 Å². The Morgan fingerprint density at radius 3 is 2.05 bits per heavy atom. The minimum atomic E-state index is -0.253. The predicted octanol–water partition coefficient (Wildman–Crippen LogP) is 4.70. The van der Waals surface area contributed by atoms with E-state index in [9.17, 15) is 4.79 Å². The van der Waals surface area contributed by atoms with E-state index in [1.807, 2.05) is 20.8 Å². The van der Waals surface area contributed by atoms with Gasteiger partial charge in [0.25, 0.3) is 0 Å². The molecule has 0 amide bonds. The van der Waals surface area contributed by atoms with E-state index in [0.29, 0.717) is 24.0 Å². The highest BCUT2D eigenvalue weighted by Gasteiger charge is 2.32. The molecule has 1 heteroatoms. The van der Waals surface area contributed by atoms with Crippen LogP contribution < -0.4 is 0 Å². The van der Waals surface area contributed by atoms with E-state index in [2.05, 4.69) is 39.5 Å². The summed E-state index contributed by atoms with van der Waals surface area (Å²) in [4.78, 5) is 12.3. The van der Waals surface area contributed by atoms with Gasteiger partial charge in [0.15, 0.2) is 0 Å². The lowest BCUT2D eigenvalue weighted by atomic mass is 9.71. The first-order valence-electron chi connectivity index (χ1n) is 7.56. The molecule has 0 unspecified atom stereocenters. The van der Waals surface area contributed by atoms with Gasteiger partial charge in [0.1, 0.15) is 5.78 Å². The molecule has 1 aliphatic rings. The van der Waals surface area contributed by atoms with E-state index in [4.69, 9.17) is 0 Å². The Morgan fingerprint density at radius 2 is 1.68 bits per heavy atom. The van der Waals surface area contributed by atoms with Gasteiger partial charge in [0.05, 0.1) is 0 Å². The first-order valence-corrected chi connectivity index (χ1v) is 7.56. The maximum atomic E-state index is 12.3. The Bertz CT molecular complexity index is 377. The Morgan fingerprint density at radius 1 is 1.16 bits per heavy atom. The van der Waals surface area contributed by atoms with Crippen LogP contribution in [0.1, 0.15) is 67.7 Å². The summed E-state index contributed by atoms with van der Waals surface area (Å²) in [6.07, 6.45) is 3.09. The van der Waals surface area contributed by atoms with Crippen LogP contribution in [0.5, 0.6) is 0 Å². The molecule has 0 heterocycles. The highest BCUT2D eigenvalue weighted by atomic mass is 16.1. The van der Waals surface area contributed by atoms with E-state index < -0.39 is 0 Å². The maximum absolute atomic E-state index is 12.3. The van der Waals surface area contributed by atoms with Crippen molar-refractivity contribution in [2.45, 2.75) is 67.7 Å². The molecule has 1 aliphatic carbocycles. The zero-order chi connectivity index (χ0) is 14.8. The van der Waals surface area contributed by atoms with Gasteiger partial charge in [-0.05, 0) is 24.2 Å². The normalized spacial score (nSPS) is 19.3. The van der Waals surface area contributed by atoms with Gasteiger partial charge in [0, 0.05) is 23.7 Å². The van der Waals surface area contributed by atoms with Crippen molar-refractivity contribution in [2.75, 3.05) is 0 Å². The molecule has 0 aromatic carbocycles. The Hall–Kier alpha value is -0.770. The Labute approximate surface area is 119 Å². The summed E-state index contributed by atoms with van der Waals surface area (Å²) in [6.45, 7) is 15.0. The third-order valence-electron chi connectivity index (χ3n) is 4.26. The number of carbonyl (C=O) groups excluding carboxylic acids is 1. The zero-order valence-electron chi connectivity index (χ0n) is 13.8. The standard InChI is InChI=1S/C18H30O/c1-13(17(2,3)4)15(11-10-14-8-9-14)12-16(19)18(5,6)7/h13-15H,8-9,12H2,1-7H3/t13-,15+/m0/s1. The average molecular weight is 262 g/mol. The highest BCUT2D eigenvalue weighted by Crippen LogP contribution is 2.35. The number of hydrogen-bond acceptors (Lipinski definition) is 1. The second-order valence-corrected chi connectivity index (χ2v) is 8.20. The molecular formula is C18H30O. The second-order valence-electron chi connectivity index (χ2n) is 8.20. The van der Waals surface area contributed by atoms with Gasteiger partial charge >= 0.3 is 0 Å². The van der Waals surface area contributed by atoms with Crippen molar-refractivity contribution in [3.63, 3.8) is 0 Å². The van der Waals surface area contributed by atoms with Crippen molar-refractivity contribution < 1.29 is 4.79 Å². The third-order valence-corrected chi connectivity index (χ3v) is 4.26. The summed E-state index contributed by atoms with van der Waals surface area (Å²) in [5, 5.41) is 0. The number of Topliss-reactive ketones (excluding diaryl/α,β-unsaturated/α-hetero) is 1. The molecule has 0 radical (unpaired) electrons. The molecule has 0 aromatic heterocycles. The average Bonchev–Trinajstić information content (AvgIpc) is 3.03. The summed E-state index contributed by atoms with van der Waals surface area (Å²) < 4.78 is 0. The minimum Gasteiger partial charge on any atom is -0.299 e. The molecule has 1 saturated carbocycles. The van der Waals surface area contributed by atoms with E-state index in [0.717, 1.165) is 0 Å². The number of carbonyl (C=O) groups is 1. The van der Waals surface area contributed by atoms with Crippen LogP contribution in [0.3, 0.4) is 0 Å². The van der Waals surface area contributed by atoms with Gasteiger partial charge in [-0.2, -0.15) is 0 Å². The zero-order valence-corrected chi connectivity index (χ0v) is 13.8. The molecule has 0 aliphatic heterocycles. The number of hydrogen-bond donors (Lipinski definition) is 0. The smallest absolute Gasteiger partial charge is 0.139 e. The second kappa shape index (κ2) is 5.70. The van der Waals surface area contributed by atoms with Crippen LogP contribution in [0.4, 0.5) is 0 Å². The third kappa shape index (κ3) is 5.39. The fraction of sp³-hybridized carbons (Fsp3) is 0.833. The molecule has 1 rings (SSSR count). The molecule has 0 spiro atoms. The first-order chi connectivity index (χ1) is 8.51. The van der Waals surface area contributed by atoms with Gasteiger partial charge < -0.3 is 0 Å². The van der Waals surface area contributed by atoms with Crippen LogP contribution in [0.2, 0.25) is 0 Å². The van der Waals surface area contributed by atoms with Crippen molar-refractivity contribution in [1.29, 1.82) is 0 Å². The topological polar surface area (TPSA) is 17.1 Å². The molecule has 108 valence electrons. The first kappa shape index (κ1) is 16.3. The van der Waals surface area contributed by atoms with Crippen molar-refractivity contribution >= 4 is 5.78 Å². The highest BCUT2D eigenvalue weighted by molar-refractivity contribution is 5.84. The van der Waals surface area contributed by atoms with Crippen molar-refractivity contribution in [2.24, 2.45) is 28.6 Å². The molecule has 0 saturated heterocycles. The van der Waals surface area contributed by atoms with Crippen LogP contribution in [-0.2, 0) is 4.79 Å².